The molecule has 0 fully saturated rings. The minimum absolute atomic E-state index is 0.0590. The Morgan fingerprint density at radius 2 is 2.37 bits per heavy atom. The van der Waals surface area contributed by atoms with Gasteiger partial charge in [0, 0.05) is 6.04 Å². The Bertz CT molecular complexity index is 427. The third-order valence-corrected chi connectivity index (χ3v) is 3.73. The number of hydrogen-bond donors (Lipinski definition) is 1. The van der Waals surface area contributed by atoms with Crippen molar-refractivity contribution >= 4 is 0 Å². The summed E-state index contributed by atoms with van der Waals surface area (Å²) in [5.74, 6) is 0.955. The second-order valence-corrected chi connectivity index (χ2v) is 5.32. The molecule has 1 aliphatic rings. The minimum atomic E-state index is 0.0590. The zero-order chi connectivity index (χ0) is 13.7. The summed E-state index contributed by atoms with van der Waals surface area (Å²) in [4.78, 5) is 0. The number of ether oxygens (including phenoxy) is 1. The summed E-state index contributed by atoms with van der Waals surface area (Å²) in [5.41, 5.74) is 2.90. The molecule has 0 aromatic heterocycles. The molecule has 0 amide bonds. The molecule has 104 valence electrons. The maximum atomic E-state index is 5.84. The predicted molar refractivity (Wildman–Crippen MR) is 80.7 cm³/mol. The largest absolute Gasteiger partial charge is 0.487 e. The van der Waals surface area contributed by atoms with Crippen LogP contribution in [0.3, 0.4) is 0 Å². The highest BCUT2D eigenvalue weighted by Gasteiger charge is 2.20. The van der Waals surface area contributed by atoms with Crippen molar-refractivity contribution in [2.75, 3.05) is 6.54 Å². The van der Waals surface area contributed by atoms with Crippen LogP contribution in [-0.2, 0) is 6.42 Å². The Balaban J connectivity index is 2.17. The van der Waals surface area contributed by atoms with Gasteiger partial charge in [-0.15, -0.1) is 0 Å². The van der Waals surface area contributed by atoms with Crippen molar-refractivity contribution in [1.29, 1.82) is 0 Å². The highest BCUT2D eigenvalue weighted by molar-refractivity contribution is 5.39. The van der Waals surface area contributed by atoms with Gasteiger partial charge in [-0.2, -0.15) is 0 Å². The number of fused-ring (bicyclic) bond motifs is 1. The van der Waals surface area contributed by atoms with E-state index in [9.17, 15) is 0 Å². The molecule has 0 bridgehead atoms. The fourth-order valence-corrected chi connectivity index (χ4v) is 2.64. The SMILES string of the molecule is C=CC(C)Oc1ccc2c(c1)C(NCCC)CCC2. The maximum Gasteiger partial charge on any atom is 0.120 e. The molecule has 1 aliphatic carbocycles. The molecule has 0 spiro atoms. The summed E-state index contributed by atoms with van der Waals surface area (Å²) >= 11 is 0. The van der Waals surface area contributed by atoms with Crippen molar-refractivity contribution in [3.05, 3.63) is 42.0 Å². The van der Waals surface area contributed by atoms with Crippen molar-refractivity contribution in [3.63, 3.8) is 0 Å². The van der Waals surface area contributed by atoms with Gasteiger partial charge in [-0.3, -0.25) is 0 Å². The topological polar surface area (TPSA) is 21.3 Å². The number of rotatable bonds is 6. The highest BCUT2D eigenvalue weighted by atomic mass is 16.5. The van der Waals surface area contributed by atoms with E-state index in [1.807, 2.05) is 13.0 Å². The second-order valence-electron chi connectivity index (χ2n) is 5.32. The fourth-order valence-electron chi connectivity index (χ4n) is 2.64. The van der Waals surface area contributed by atoms with Crippen LogP contribution in [0.15, 0.2) is 30.9 Å². The van der Waals surface area contributed by atoms with E-state index >= 15 is 0 Å². The molecule has 2 atom stereocenters. The number of aryl methyl sites for hydroxylation is 1. The first-order valence-corrected chi connectivity index (χ1v) is 7.40. The average molecular weight is 259 g/mol. The summed E-state index contributed by atoms with van der Waals surface area (Å²) in [6, 6.07) is 7.01. The zero-order valence-corrected chi connectivity index (χ0v) is 12.1. The van der Waals surface area contributed by atoms with Crippen molar-refractivity contribution in [1.82, 2.24) is 5.32 Å². The van der Waals surface area contributed by atoms with E-state index in [-0.39, 0.29) is 6.10 Å². The summed E-state index contributed by atoms with van der Waals surface area (Å²) < 4.78 is 5.84. The summed E-state index contributed by atoms with van der Waals surface area (Å²) in [6.45, 7) is 9.07. The average Bonchev–Trinajstić information content (AvgIpc) is 2.45. The van der Waals surface area contributed by atoms with Crippen LogP contribution in [0.5, 0.6) is 5.75 Å². The van der Waals surface area contributed by atoms with Gasteiger partial charge in [0.25, 0.3) is 0 Å². The van der Waals surface area contributed by atoms with E-state index in [0.29, 0.717) is 6.04 Å². The number of nitrogens with one attached hydrogen (secondary N) is 1. The zero-order valence-electron chi connectivity index (χ0n) is 12.1. The molecular formula is C17H25NO. The normalized spacial score (nSPS) is 19.6. The quantitative estimate of drug-likeness (QED) is 0.779. The van der Waals surface area contributed by atoms with E-state index in [0.717, 1.165) is 12.3 Å². The molecule has 0 aliphatic heterocycles. The molecular weight excluding hydrogens is 234 g/mol. The molecule has 0 saturated carbocycles. The molecule has 19 heavy (non-hydrogen) atoms. The van der Waals surface area contributed by atoms with Crippen LogP contribution in [0.25, 0.3) is 0 Å². The Hall–Kier alpha value is -1.28. The Morgan fingerprint density at radius 3 is 3.11 bits per heavy atom. The van der Waals surface area contributed by atoms with Gasteiger partial charge < -0.3 is 10.1 Å². The number of benzene rings is 1. The molecule has 2 unspecified atom stereocenters. The first kappa shape index (κ1) is 14.1. The second kappa shape index (κ2) is 6.76. The van der Waals surface area contributed by atoms with Gasteiger partial charge >= 0.3 is 0 Å². The summed E-state index contributed by atoms with van der Waals surface area (Å²) in [5, 5.41) is 3.65. The first-order chi connectivity index (χ1) is 9.24. The predicted octanol–water partition coefficient (Wildman–Crippen LogP) is 4.02. The Morgan fingerprint density at radius 1 is 1.53 bits per heavy atom. The third-order valence-electron chi connectivity index (χ3n) is 3.73. The van der Waals surface area contributed by atoms with Crippen molar-refractivity contribution in [2.45, 2.75) is 51.7 Å². The van der Waals surface area contributed by atoms with E-state index in [2.05, 4.69) is 37.0 Å². The summed E-state index contributed by atoms with van der Waals surface area (Å²) in [6.07, 6.45) is 6.76. The molecule has 0 saturated heterocycles. The van der Waals surface area contributed by atoms with Crippen LogP contribution in [0, 0.1) is 0 Å². The molecule has 2 nitrogen and oxygen atoms in total. The van der Waals surface area contributed by atoms with Crippen LogP contribution in [-0.4, -0.2) is 12.6 Å². The monoisotopic (exact) mass is 259 g/mol. The first-order valence-electron chi connectivity index (χ1n) is 7.40. The fraction of sp³-hybridized carbons (Fsp3) is 0.529. The lowest BCUT2D eigenvalue weighted by atomic mass is 9.87. The highest BCUT2D eigenvalue weighted by Crippen LogP contribution is 2.32. The lowest BCUT2D eigenvalue weighted by Gasteiger charge is -2.27. The van der Waals surface area contributed by atoms with E-state index < -0.39 is 0 Å². The van der Waals surface area contributed by atoms with Gasteiger partial charge in [0.1, 0.15) is 11.9 Å². The molecule has 0 radical (unpaired) electrons. The smallest absolute Gasteiger partial charge is 0.120 e. The third kappa shape index (κ3) is 3.60. The standard InChI is InChI=1S/C17H25NO/c1-4-11-18-17-8-6-7-14-9-10-15(12-16(14)17)19-13(3)5-2/h5,9-10,12-13,17-18H,2,4,6-8,11H2,1,3H3. The lowest BCUT2D eigenvalue weighted by Crippen LogP contribution is -2.26. The molecule has 1 aromatic rings. The van der Waals surface area contributed by atoms with Crippen molar-refractivity contribution < 1.29 is 4.74 Å². The van der Waals surface area contributed by atoms with Gasteiger partial charge in [0.05, 0.1) is 0 Å². The van der Waals surface area contributed by atoms with Crippen LogP contribution in [0.4, 0.5) is 0 Å². The lowest BCUT2D eigenvalue weighted by molar-refractivity contribution is 0.269. The molecule has 1 aromatic carbocycles. The van der Waals surface area contributed by atoms with Crippen LogP contribution < -0.4 is 10.1 Å². The van der Waals surface area contributed by atoms with Crippen LogP contribution >= 0.6 is 0 Å². The van der Waals surface area contributed by atoms with Crippen LogP contribution in [0.1, 0.15) is 50.3 Å². The van der Waals surface area contributed by atoms with Gasteiger partial charge in [0.15, 0.2) is 0 Å². The van der Waals surface area contributed by atoms with Crippen LogP contribution in [0.2, 0.25) is 0 Å². The Kier molecular flexibility index (Phi) is 5.03. The van der Waals surface area contributed by atoms with Gasteiger partial charge in [-0.1, -0.05) is 25.6 Å². The maximum absolute atomic E-state index is 5.84. The van der Waals surface area contributed by atoms with E-state index in [4.69, 9.17) is 4.74 Å². The van der Waals surface area contributed by atoms with Crippen molar-refractivity contribution in [2.24, 2.45) is 0 Å². The van der Waals surface area contributed by atoms with Crippen molar-refractivity contribution in [3.8, 4) is 5.75 Å². The number of hydrogen-bond acceptors (Lipinski definition) is 2. The van der Waals surface area contributed by atoms with Gasteiger partial charge in [-0.25, -0.2) is 0 Å². The van der Waals surface area contributed by atoms with Gasteiger partial charge in [-0.05, 0) is 62.4 Å². The van der Waals surface area contributed by atoms with E-state index in [1.54, 1.807) is 0 Å². The minimum Gasteiger partial charge on any atom is -0.487 e. The van der Waals surface area contributed by atoms with Gasteiger partial charge in [0.2, 0.25) is 0 Å². The molecule has 1 N–H and O–H groups in total. The summed E-state index contributed by atoms with van der Waals surface area (Å²) in [7, 11) is 0. The molecule has 0 heterocycles. The van der Waals surface area contributed by atoms with E-state index in [1.165, 1.54) is 36.8 Å². The molecule has 2 rings (SSSR count). The Labute approximate surface area is 116 Å². The molecule has 2 heteroatoms.